The van der Waals surface area contributed by atoms with Gasteiger partial charge in [0, 0.05) is 6.20 Å². The molecule has 0 spiro atoms. The molecular formula is C14H24N5+. The average molecular weight is 262 g/mol. The highest BCUT2D eigenvalue weighted by atomic mass is 15.4. The summed E-state index contributed by atoms with van der Waals surface area (Å²) in [5.41, 5.74) is 8.40. The van der Waals surface area contributed by atoms with Gasteiger partial charge in [-0.2, -0.15) is 0 Å². The molecule has 104 valence electrons. The normalized spacial score (nSPS) is 22.1. The van der Waals surface area contributed by atoms with E-state index in [1.807, 2.05) is 4.68 Å². The maximum absolute atomic E-state index is 6.33. The van der Waals surface area contributed by atoms with Crippen LogP contribution in [-0.2, 0) is 6.42 Å². The third kappa shape index (κ3) is 2.34. The van der Waals surface area contributed by atoms with Crippen LogP contribution in [0.4, 0.5) is 11.5 Å². The number of nitrogen functional groups attached to an aromatic ring is 1. The predicted octanol–water partition coefficient (Wildman–Crippen LogP) is 1.17. The van der Waals surface area contributed by atoms with Crippen LogP contribution < -0.4 is 10.6 Å². The van der Waals surface area contributed by atoms with E-state index < -0.39 is 0 Å². The highest BCUT2D eigenvalue weighted by molar-refractivity contribution is 5.67. The summed E-state index contributed by atoms with van der Waals surface area (Å²) in [6, 6.07) is 0. The molecule has 3 rings (SSSR count). The van der Waals surface area contributed by atoms with Crippen LogP contribution in [0, 0.1) is 0 Å². The summed E-state index contributed by atoms with van der Waals surface area (Å²) in [5.74, 6) is 0.987. The first-order valence-corrected chi connectivity index (χ1v) is 7.17. The molecule has 0 amide bonds. The van der Waals surface area contributed by atoms with Crippen LogP contribution in [0.2, 0.25) is 0 Å². The van der Waals surface area contributed by atoms with Gasteiger partial charge in [0.05, 0.1) is 51.7 Å². The topological polar surface area (TPSA) is 47.1 Å². The molecule has 0 unspecified atom stereocenters. The molecule has 1 aromatic heterocycles. The first kappa shape index (κ1) is 12.5. The van der Waals surface area contributed by atoms with Crippen molar-refractivity contribution < 1.29 is 4.48 Å². The molecule has 1 aromatic rings. The van der Waals surface area contributed by atoms with Gasteiger partial charge in [0.25, 0.3) is 0 Å². The van der Waals surface area contributed by atoms with E-state index in [9.17, 15) is 0 Å². The van der Waals surface area contributed by atoms with Crippen LogP contribution in [0.25, 0.3) is 6.20 Å². The van der Waals surface area contributed by atoms with Crippen molar-refractivity contribution in [3.05, 3.63) is 11.8 Å². The molecule has 2 N–H and O–H groups in total. The molecule has 0 aliphatic carbocycles. The van der Waals surface area contributed by atoms with Gasteiger partial charge in [0.2, 0.25) is 0 Å². The Bertz CT molecular complexity index is 490. The molecule has 0 atom stereocenters. The highest BCUT2D eigenvalue weighted by Gasteiger charge is 2.28. The van der Waals surface area contributed by atoms with Crippen LogP contribution >= 0.6 is 0 Å². The zero-order chi connectivity index (χ0) is 13.5. The number of nitrogens with zero attached hydrogens (tertiary/aromatic N) is 4. The fraction of sp³-hybridized carbons (Fsp3) is 0.643. The van der Waals surface area contributed by atoms with Gasteiger partial charge in [-0.1, -0.05) is 6.08 Å². The smallest absolute Gasteiger partial charge is 0.175 e. The summed E-state index contributed by atoms with van der Waals surface area (Å²) in [6.07, 6.45) is 7.56. The molecular weight excluding hydrogens is 238 g/mol. The molecule has 0 aromatic carbocycles. The SMILES string of the molecule is C[N+]1(C)CCN(c2nn3c(c2N)CCCC=C3)CC1. The van der Waals surface area contributed by atoms with Crippen LogP contribution in [-0.4, -0.2) is 54.5 Å². The molecule has 0 saturated carbocycles. The second-order valence-electron chi connectivity index (χ2n) is 6.28. The lowest BCUT2D eigenvalue weighted by Gasteiger charge is -2.39. The number of fused-ring (bicyclic) bond motifs is 1. The molecule has 5 nitrogen and oxygen atoms in total. The zero-order valence-corrected chi connectivity index (χ0v) is 12.0. The number of quaternary nitrogens is 1. The van der Waals surface area contributed by atoms with Crippen LogP contribution in [0.15, 0.2) is 6.08 Å². The molecule has 2 aliphatic heterocycles. The van der Waals surface area contributed by atoms with Crippen molar-refractivity contribution in [1.82, 2.24) is 9.78 Å². The minimum atomic E-state index is 0.888. The second-order valence-corrected chi connectivity index (χ2v) is 6.28. The maximum atomic E-state index is 6.33. The molecule has 1 saturated heterocycles. The van der Waals surface area contributed by atoms with Gasteiger partial charge in [-0.05, 0) is 19.3 Å². The summed E-state index contributed by atoms with van der Waals surface area (Å²) < 4.78 is 3.07. The zero-order valence-electron chi connectivity index (χ0n) is 12.0. The van der Waals surface area contributed by atoms with E-state index in [2.05, 4.69) is 31.3 Å². The van der Waals surface area contributed by atoms with Crippen LogP contribution in [0.1, 0.15) is 18.5 Å². The predicted molar refractivity (Wildman–Crippen MR) is 79.0 cm³/mol. The minimum absolute atomic E-state index is 0.888. The summed E-state index contributed by atoms with van der Waals surface area (Å²) >= 11 is 0. The number of rotatable bonds is 1. The van der Waals surface area contributed by atoms with E-state index >= 15 is 0 Å². The van der Waals surface area contributed by atoms with Crippen molar-refractivity contribution in [2.75, 3.05) is 50.9 Å². The van der Waals surface area contributed by atoms with Crippen molar-refractivity contribution in [1.29, 1.82) is 0 Å². The molecule has 3 heterocycles. The number of anilines is 2. The van der Waals surface area contributed by atoms with Gasteiger partial charge in [0.15, 0.2) is 5.82 Å². The largest absolute Gasteiger partial charge is 0.394 e. The fourth-order valence-electron chi connectivity index (χ4n) is 2.85. The summed E-state index contributed by atoms with van der Waals surface area (Å²) in [4.78, 5) is 2.34. The van der Waals surface area contributed by atoms with Crippen LogP contribution in [0.5, 0.6) is 0 Å². The second kappa shape index (κ2) is 4.56. The number of piperazine rings is 1. The first-order valence-electron chi connectivity index (χ1n) is 7.17. The van der Waals surface area contributed by atoms with Gasteiger partial charge in [-0.25, -0.2) is 4.68 Å². The van der Waals surface area contributed by atoms with Gasteiger partial charge in [-0.3, -0.25) is 0 Å². The quantitative estimate of drug-likeness (QED) is 0.773. The Morgan fingerprint density at radius 1 is 1.26 bits per heavy atom. The summed E-state index contributed by atoms with van der Waals surface area (Å²) in [5, 5.41) is 4.71. The third-order valence-electron chi connectivity index (χ3n) is 4.31. The Morgan fingerprint density at radius 2 is 2.00 bits per heavy atom. The van der Waals surface area contributed by atoms with E-state index in [1.165, 1.54) is 5.69 Å². The van der Waals surface area contributed by atoms with Crippen molar-refractivity contribution in [2.24, 2.45) is 0 Å². The van der Waals surface area contributed by atoms with Gasteiger partial charge in [-0.15, -0.1) is 5.10 Å². The van der Waals surface area contributed by atoms with E-state index in [-0.39, 0.29) is 0 Å². The van der Waals surface area contributed by atoms with Crippen molar-refractivity contribution >= 4 is 17.7 Å². The lowest BCUT2D eigenvalue weighted by atomic mass is 10.2. The Kier molecular flexibility index (Phi) is 3.01. The van der Waals surface area contributed by atoms with E-state index in [4.69, 9.17) is 10.8 Å². The number of hydrogen-bond donors (Lipinski definition) is 1. The third-order valence-corrected chi connectivity index (χ3v) is 4.31. The van der Waals surface area contributed by atoms with Crippen molar-refractivity contribution in [2.45, 2.75) is 19.3 Å². The average Bonchev–Trinajstić information content (AvgIpc) is 2.57. The monoisotopic (exact) mass is 262 g/mol. The Labute approximate surface area is 114 Å². The molecule has 1 fully saturated rings. The maximum Gasteiger partial charge on any atom is 0.175 e. The summed E-state index contributed by atoms with van der Waals surface area (Å²) in [6.45, 7) is 4.38. The Hall–Kier alpha value is -1.49. The van der Waals surface area contributed by atoms with Crippen molar-refractivity contribution in [3.8, 4) is 0 Å². The Balaban J connectivity index is 1.86. The number of nitrogens with two attached hydrogens (primary N) is 1. The number of aromatic nitrogens is 2. The van der Waals surface area contributed by atoms with Crippen LogP contribution in [0.3, 0.4) is 0 Å². The lowest BCUT2D eigenvalue weighted by molar-refractivity contribution is -0.890. The van der Waals surface area contributed by atoms with Gasteiger partial charge in [0.1, 0.15) is 0 Å². The number of likely N-dealkylation sites (N-methyl/N-ethyl adjacent to an activating group) is 1. The molecule has 5 heteroatoms. The fourth-order valence-corrected chi connectivity index (χ4v) is 2.85. The van der Waals surface area contributed by atoms with E-state index in [1.54, 1.807) is 0 Å². The van der Waals surface area contributed by atoms with E-state index in [0.717, 1.165) is 61.4 Å². The van der Waals surface area contributed by atoms with E-state index in [0.29, 0.717) is 0 Å². The number of allylic oxidation sites excluding steroid dienone is 1. The lowest BCUT2D eigenvalue weighted by Crippen LogP contribution is -2.55. The summed E-state index contributed by atoms with van der Waals surface area (Å²) in [7, 11) is 4.57. The number of hydrogen-bond acceptors (Lipinski definition) is 3. The highest BCUT2D eigenvalue weighted by Crippen LogP contribution is 2.29. The molecule has 19 heavy (non-hydrogen) atoms. The van der Waals surface area contributed by atoms with Gasteiger partial charge >= 0.3 is 0 Å². The molecule has 2 aliphatic rings. The minimum Gasteiger partial charge on any atom is -0.394 e. The van der Waals surface area contributed by atoms with Gasteiger partial charge < -0.3 is 15.1 Å². The first-order chi connectivity index (χ1) is 9.07. The standard InChI is InChI=1S/C14H24N5/c1-19(2)10-8-17(9-11-19)14-13(15)12-6-4-3-5-7-18(12)16-14/h5,7H,3-4,6,8-11,15H2,1-2H3/q+1. The van der Waals surface area contributed by atoms with Crippen molar-refractivity contribution in [3.63, 3.8) is 0 Å². The molecule has 0 radical (unpaired) electrons. The molecule has 0 bridgehead atoms. The Morgan fingerprint density at radius 3 is 2.74 bits per heavy atom.